The number of rotatable bonds is 26. The summed E-state index contributed by atoms with van der Waals surface area (Å²) in [6.07, 6.45) is 20.0. The Balaban J connectivity index is 4.70. The van der Waals surface area contributed by atoms with E-state index in [4.69, 9.17) is 9.05 Å². The number of phosphoric ester groups is 1. The van der Waals surface area contributed by atoms with Gasteiger partial charge in [-0.15, -0.1) is 0 Å². The van der Waals surface area contributed by atoms with Crippen molar-refractivity contribution in [2.45, 2.75) is 129 Å². The van der Waals surface area contributed by atoms with Crippen LogP contribution in [0.3, 0.4) is 0 Å². The molecule has 0 aliphatic heterocycles. The van der Waals surface area contributed by atoms with Gasteiger partial charge in [-0.05, 0) is 19.3 Å². The summed E-state index contributed by atoms with van der Waals surface area (Å²) >= 11 is 0. The van der Waals surface area contributed by atoms with E-state index in [0.717, 1.165) is 38.5 Å². The van der Waals surface area contributed by atoms with Crippen molar-refractivity contribution in [2.24, 2.45) is 0 Å². The molecule has 226 valence electrons. The zero-order chi connectivity index (χ0) is 28.7. The molecule has 9 heteroatoms. The lowest BCUT2D eigenvalue weighted by molar-refractivity contribution is -0.870. The summed E-state index contributed by atoms with van der Waals surface area (Å²) in [4.78, 5) is 22.7. The monoisotopic (exact) mass is 563 g/mol. The maximum Gasteiger partial charge on any atom is 0.472 e. The van der Waals surface area contributed by atoms with E-state index >= 15 is 0 Å². The zero-order valence-corrected chi connectivity index (χ0v) is 26.1. The molecule has 0 bridgehead atoms. The van der Waals surface area contributed by atoms with Crippen molar-refractivity contribution in [1.82, 2.24) is 5.32 Å². The number of likely N-dealkylation sites (N-methyl/N-ethyl adjacent to an activating group) is 1. The highest BCUT2D eigenvalue weighted by atomic mass is 31.2. The minimum absolute atomic E-state index is 0.0630. The van der Waals surface area contributed by atoms with Crippen LogP contribution in [0.25, 0.3) is 0 Å². The van der Waals surface area contributed by atoms with E-state index in [2.05, 4.69) is 19.2 Å². The number of hydrogen-bond acceptors (Lipinski definition) is 5. The number of aliphatic hydroxyl groups is 1. The van der Waals surface area contributed by atoms with Crippen molar-refractivity contribution in [2.75, 3.05) is 40.9 Å². The van der Waals surface area contributed by atoms with E-state index in [1.165, 1.54) is 57.8 Å². The number of quaternary nitrogens is 1. The van der Waals surface area contributed by atoms with Crippen molar-refractivity contribution < 1.29 is 32.9 Å². The molecular formula is C29H60N2O6P+. The molecule has 3 N–H and O–H groups in total. The molecule has 0 spiro atoms. The summed E-state index contributed by atoms with van der Waals surface area (Å²) in [6.45, 7) is 4.69. The number of allylic oxidation sites excluding steroid dienone is 1. The summed E-state index contributed by atoms with van der Waals surface area (Å²) in [7, 11) is 1.57. The number of aliphatic hydroxyl groups excluding tert-OH is 1. The van der Waals surface area contributed by atoms with E-state index in [1.54, 1.807) is 6.08 Å². The van der Waals surface area contributed by atoms with Crippen LogP contribution < -0.4 is 5.32 Å². The van der Waals surface area contributed by atoms with Crippen molar-refractivity contribution in [3.05, 3.63) is 12.2 Å². The molecule has 0 radical (unpaired) electrons. The van der Waals surface area contributed by atoms with Crippen LogP contribution in [-0.2, 0) is 18.4 Å². The molecule has 0 aliphatic rings. The molecule has 0 saturated carbocycles. The Hall–Kier alpha value is -0.760. The molecule has 3 atom stereocenters. The van der Waals surface area contributed by atoms with Crippen LogP contribution in [0, 0.1) is 0 Å². The van der Waals surface area contributed by atoms with Gasteiger partial charge in [-0.3, -0.25) is 13.8 Å². The van der Waals surface area contributed by atoms with E-state index in [1.807, 2.05) is 27.2 Å². The van der Waals surface area contributed by atoms with E-state index in [0.29, 0.717) is 17.4 Å². The molecule has 0 saturated heterocycles. The maximum atomic E-state index is 12.6. The molecule has 0 fully saturated rings. The standard InChI is InChI=1S/C29H59N2O6P/c1-6-8-10-12-14-16-18-20-22-28(32)27(26-37-38(34,35)36-25-24-31(3,4)5)30-29(33)23-21-19-17-15-13-11-9-7-2/h20,22,27-28,32H,6-19,21,23-26H2,1-5H3,(H-,30,33,34,35)/p+1/b22-20+. The van der Waals surface area contributed by atoms with Gasteiger partial charge in [0.05, 0.1) is 39.9 Å². The largest absolute Gasteiger partial charge is 0.472 e. The molecule has 8 nitrogen and oxygen atoms in total. The van der Waals surface area contributed by atoms with Crippen molar-refractivity contribution in [1.29, 1.82) is 0 Å². The van der Waals surface area contributed by atoms with Crippen LogP contribution in [0.4, 0.5) is 0 Å². The SMILES string of the molecule is CCCCCCCC/C=C/C(O)C(COP(=O)(O)OCC[N+](C)(C)C)NC(=O)CCCCCCCCCC. The predicted octanol–water partition coefficient (Wildman–Crippen LogP) is 6.51. The highest BCUT2D eigenvalue weighted by molar-refractivity contribution is 7.47. The van der Waals surface area contributed by atoms with E-state index in [9.17, 15) is 19.4 Å². The lowest BCUT2D eigenvalue weighted by Gasteiger charge is -2.25. The molecule has 3 unspecified atom stereocenters. The van der Waals surface area contributed by atoms with Gasteiger partial charge >= 0.3 is 7.82 Å². The minimum Gasteiger partial charge on any atom is -0.387 e. The van der Waals surface area contributed by atoms with Crippen LogP contribution in [0.15, 0.2) is 12.2 Å². The van der Waals surface area contributed by atoms with Gasteiger partial charge in [0.15, 0.2) is 0 Å². The van der Waals surface area contributed by atoms with Crippen LogP contribution in [0.5, 0.6) is 0 Å². The first-order valence-electron chi connectivity index (χ1n) is 15.1. The average Bonchev–Trinajstić information content (AvgIpc) is 2.84. The second-order valence-corrected chi connectivity index (χ2v) is 12.9. The number of phosphoric acid groups is 1. The molecule has 38 heavy (non-hydrogen) atoms. The normalized spacial score (nSPS) is 15.4. The Labute approximate surface area is 233 Å². The van der Waals surface area contributed by atoms with Crippen LogP contribution >= 0.6 is 7.82 Å². The third-order valence-electron chi connectivity index (χ3n) is 6.51. The van der Waals surface area contributed by atoms with Crippen molar-refractivity contribution >= 4 is 13.7 Å². The van der Waals surface area contributed by atoms with Gasteiger partial charge in [-0.2, -0.15) is 0 Å². The summed E-state index contributed by atoms with van der Waals surface area (Å²) in [6, 6.07) is -0.833. The highest BCUT2D eigenvalue weighted by Gasteiger charge is 2.27. The molecular weight excluding hydrogens is 503 g/mol. The second kappa shape index (κ2) is 23.0. The first-order chi connectivity index (χ1) is 18.0. The number of carbonyl (C=O) groups is 1. The Bertz CT molecular complexity index is 653. The summed E-state index contributed by atoms with van der Waals surface area (Å²) < 4.78 is 23.2. The van der Waals surface area contributed by atoms with Crippen LogP contribution in [-0.4, -0.2) is 73.4 Å². The maximum absolute atomic E-state index is 12.6. The number of unbranched alkanes of at least 4 members (excludes halogenated alkanes) is 13. The Kier molecular flexibility index (Phi) is 22.5. The quantitative estimate of drug-likeness (QED) is 0.0480. The van der Waals surface area contributed by atoms with Gasteiger partial charge in [0, 0.05) is 6.42 Å². The third kappa shape index (κ3) is 24.3. The van der Waals surface area contributed by atoms with Gasteiger partial charge < -0.3 is 19.8 Å². The lowest BCUT2D eigenvalue weighted by Crippen LogP contribution is -2.45. The van der Waals surface area contributed by atoms with Crippen molar-refractivity contribution in [3.8, 4) is 0 Å². The fourth-order valence-electron chi connectivity index (χ4n) is 3.98. The molecule has 0 aromatic heterocycles. The smallest absolute Gasteiger partial charge is 0.387 e. The zero-order valence-electron chi connectivity index (χ0n) is 25.2. The fraction of sp³-hybridized carbons (Fsp3) is 0.897. The van der Waals surface area contributed by atoms with Gasteiger partial charge in [-0.1, -0.05) is 103 Å². The highest BCUT2D eigenvalue weighted by Crippen LogP contribution is 2.43. The Morgan fingerprint density at radius 2 is 1.39 bits per heavy atom. The number of nitrogens with zero attached hydrogens (tertiary/aromatic N) is 1. The average molecular weight is 564 g/mol. The van der Waals surface area contributed by atoms with Gasteiger partial charge in [-0.25, -0.2) is 4.57 Å². The second-order valence-electron chi connectivity index (χ2n) is 11.5. The van der Waals surface area contributed by atoms with Crippen LogP contribution in [0.2, 0.25) is 0 Å². The van der Waals surface area contributed by atoms with Crippen LogP contribution in [0.1, 0.15) is 117 Å². The van der Waals surface area contributed by atoms with Gasteiger partial charge in [0.2, 0.25) is 5.91 Å². The number of amides is 1. The Morgan fingerprint density at radius 1 is 0.868 bits per heavy atom. The van der Waals surface area contributed by atoms with Crippen molar-refractivity contribution in [3.63, 3.8) is 0 Å². The number of nitrogens with one attached hydrogen (secondary N) is 1. The number of hydrogen-bond donors (Lipinski definition) is 3. The number of carbonyl (C=O) groups excluding carboxylic acids is 1. The van der Waals surface area contributed by atoms with Gasteiger partial charge in [0.25, 0.3) is 0 Å². The summed E-state index contributed by atoms with van der Waals surface area (Å²) in [5.74, 6) is -0.188. The molecule has 0 aliphatic carbocycles. The molecule has 0 aromatic carbocycles. The third-order valence-corrected chi connectivity index (χ3v) is 7.49. The fourth-order valence-corrected chi connectivity index (χ4v) is 4.71. The molecule has 0 aromatic rings. The molecule has 0 heterocycles. The first kappa shape index (κ1) is 37.2. The molecule has 1 amide bonds. The summed E-state index contributed by atoms with van der Waals surface area (Å²) in [5, 5.41) is 13.5. The van der Waals surface area contributed by atoms with Gasteiger partial charge in [0.1, 0.15) is 13.2 Å². The predicted molar refractivity (Wildman–Crippen MR) is 157 cm³/mol. The minimum atomic E-state index is -4.30. The van der Waals surface area contributed by atoms with E-state index in [-0.39, 0.29) is 19.1 Å². The summed E-state index contributed by atoms with van der Waals surface area (Å²) in [5.41, 5.74) is 0. The van der Waals surface area contributed by atoms with E-state index < -0.39 is 20.0 Å². The molecule has 0 rings (SSSR count). The first-order valence-corrected chi connectivity index (χ1v) is 16.6. The Morgan fingerprint density at radius 3 is 1.95 bits per heavy atom. The topological polar surface area (TPSA) is 105 Å². The lowest BCUT2D eigenvalue weighted by atomic mass is 10.1.